The van der Waals surface area contributed by atoms with Gasteiger partial charge in [-0.3, -0.25) is 9.59 Å². The molecule has 1 aliphatic heterocycles. The number of hydrogen-bond acceptors (Lipinski definition) is 4. The predicted molar refractivity (Wildman–Crippen MR) is 104 cm³/mol. The molecule has 1 aromatic carbocycles. The topological polar surface area (TPSA) is 92.3 Å². The van der Waals surface area contributed by atoms with E-state index < -0.39 is 27.2 Å². The van der Waals surface area contributed by atoms with Crippen molar-refractivity contribution < 1.29 is 18.0 Å². The Kier molecular flexibility index (Phi) is 5.34. The molecule has 3 rings (SSSR count). The monoisotopic (exact) mass is 392 g/mol. The summed E-state index contributed by atoms with van der Waals surface area (Å²) in [5.74, 6) is -1.61. The average Bonchev–Trinajstić information content (AvgIpc) is 2.82. The van der Waals surface area contributed by atoms with E-state index in [9.17, 15) is 18.0 Å². The Bertz CT molecular complexity index is 826. The third kappa shape index (κ3) is 4.03. The van der Waals surface area contributed by atoms with Crippen LogP contribution < -0.4 is 10.6 Å². The van der Waals surface area contributed by atoms with Gasteiger partial charge in [-0.1, -0.05) is 36.2 Å². The smallest absolute Gasteiger partial charge is 0.230 e. The van der Waals surface area contributed by atoms with Crippen LogP contribution in [0.2, 0.25) is 0 Å². The van der Waals surface area contributed by atoms with Crippen LogP contribution in [0.15, 0.2) is 24.3 Å². The Labute approximate surface area is 161 Å². The molecular formula is C20H28N2O4S. The molecule has 27 heavy (non-hydrogen) atoms. The Balaban J connectivity index is 1.80. The molecule has 2 N–H and O–H groups in total. The summed E-state index contributed by atoms with van der Waals surface area (Å²) in [4.78, 5) is 25.6. The number of benzene rings is 1. The van der Waals surface area contributed by atoms with E-state index in [2.05, 4.69) is 10.6 Å². The fourth-order valence-electron chi connectivity index (χ4n) is 4.00. The van der Waals surface area contributed by atoms with Gasteiger partial charge in [-0.15, -0.1) is 0 Å². The highest BCUT2D eigenvalue weighted by atomic mass is 32.2. The molecule has 6 nitrogen and oxygen atoms in total. The summed E-state index contributed by atoms with van der Waals surface area (Å²) in [7, 11) is -3.35. The van der Waals surface area contributed by atoms with Crippen LogP contribution in [0.3, 0.4) is 0 Å². The van der Waals surface area contributed by atoms with Gasteiger partial charge in [0.25, 0.3) is 0 Å². The molecule has 7 heteroatoms. The zero-order valence-electron chi connectivity index (χ0n) is 16.1. The molecular weight excluding hydrogens is 364 g/mol. The summed E-state index contributed by atoms with van der Waals surface area (Å²) in [5, 5.41) is 5.69. The predicted octanol–water partition coefficient (Wildman–Crippen LogP) is 1.47. The maximum Gasteiger partial charge on any atom is 0.230 e. The van der Waals surface area contributed by atoms with Crippen LogP contribution >= 0.6 is 0 Å². The lowest BCUT2D eigenvalue weighted by molar-refractivity contribution is -0.131. The summed E-state index contributed by atoms with van der Waals surface area (Å²) in [6.45, 7) is 5.66. The normalized spacial score (nSPS) is 25.6. The Morgan fingerprint density at radius 2 is 1.74 bits per heavy atom. The van der Waals surface area contributed by atoms with E-state index in [1.807, 2.05) is 45.0 Å². The van der Waals surface area contributed by atoms with Crippen molar-refractivity contribution in [2.24, 2.45) is 5.92 Å². The van der Waals surface area contributed by atoms with Gasteiger partial charge in [0.1, 0.15) is 0 Å². The number of nitrogens with one attached hydrogen (secondary N) is 2. The number of hydrogen-bond donors (Lipinski definition) is 2. The van der Waals surface area contributed by atoms with Gasteiger partial charge in [-0.2, -0.15) is 0 Å². The van der Waals surface area contributed by atoms with E-state index in [0.717, 1.165) is 30.4 Å². The minimum Gasteiger partial charge on any atom is -0.354 e. The van der Waals surface area contributed by atoms with Crippen molar-refractivity contribution >= 4 is 21.7 Å². The van der Waals surface area contributed by atoms with Crippen molar-refractivity contribution in [1.82, 2.24) is 10.6 Å². The van der Waals surface area contributed by atoms with Crippen molar-refractivity contribution in [2.75, 3.05) is 11.5 Å². The highest BCUT2D eigenvalue weighted by molar-refractivity contribution is 7.91. The minimum absolute atomic E-state index is 0.0808. The molecule has 1 aliphatic carbocycles. The van der Waals surface area contributed by atoms with E-state index in [-0.39, 0.29) is 29.4 Å². The zero-order chi connectivity index (χ0) is 19.8. The second-order valence-electron chi connectivity index (χ2n) is 8.23. The first kappa shape index (κ1) is 19.9. The molecule has 0 aromatic heterocycles. The second-order valence-corrected chi connectivity index (χ2v) is 10.4. The maximum absolute atomic E-state index is 13.2. The fraction of sp³-hybridized carbons (Fsp3) is 0.600. The lowest BCUT2D eigenvalue weighted by atomic mass is 9.63. The van der Waals surface area contributed by atoms with E-state index in [1.165, 1.54) is 0 Å². The van der Waals surface area contributed by atoms with Gasteiger partial charge in [-0.25, -0.2) is 8.42 Å². The van der Waals surface area contributed by atoms with Gasteiger partial charge >= 0.3 is 0 Å². The summed E-state index contributed by atoms with van der Waals surface area (Å²) >= 11 is 0. The molecule has 148 valence electrons. The summed E-state index contributed by atoms with van der Waals surface area (Å²) in [6.07, 6.45) is 2.44. The van der Waals surface area contributed by atoms with Gasteiger partial charge in [0.2, 0.25) is 11.8 Å². The van der Waals surface area contributed by atoms with Crippen LogP contribution in [-0.2, 0) is 24.8 Å². The van der Waals surface area contributed by atoms with Crippen LogP contribution in [0.5, 0.6) is 0 Å². The summed E-state index contributed by atoms with van der Waals surface area (Å²) < 4.78 is 24.3. The molecule has 0 spiro atoms. The number of carbonyl (C=O) groups is 2. The third-order valence-corrected chi connectivity index (χ3v) is 7.42. The van der Waals surface area contributed by atoms with Gasteiger partial charge in [0, 0.05) is 6.04 Å². The molecule has 2 amide bonds. The molecule has 1 aromatic rings. The van der Waals surface area contributed by atoms with E-state index in [1.54, 1.807) is 0 Å². The van der Waals surface area contributed by atoms with Crippen molar-refractivity contribution in [1.29, 1.82) is 0 Å². The maximum atomic E-state index is 13.2. The number of amides is 2. The first-order valence-electron chi connectivity index (χ1n) is 9.52. The summed E-state index contributed by atoms with van der Waals surface area (Å²) in [5.41, 5.74) is 1.47. The largest absolute Gasteiger partial charge is 0.354 e. The lowest BCUT2D eigenvalue weighted by Gasteiger charge is -2.41. The van der Waals surface area contributed by atoms with Crippen molar-refractivity contribution in [2.45, 2.75) is 57.5 Å². The number of sulfone groups is 1. The van der Waals surface area contributed by atoms with E-state index in [0.29, 0.717) is 0 Å². The van der Waals surface area contributed by atoms with E-state index >= 15 is 0 Å². The lowest BCUT2D eigenvalue weighted by Crippen LogP contribution is -2.55. The van der Waals surface area contributed by atoms with Crippen LogP contribution in [0.1, 0.15) is 44.2 Å². The molecule has 1 saturated carbocycles. The van der Waals surface area contributed by atoms with Crippen LogP contribution in [0.4, 0.5) is 0 Å². The molecule has 0 radical (unpaired) electrons. The minimum atomic E-state index is -3.35. The molecule has 2 fully saturated rings. The highest BCUT2D eigenvalue weighted by Crippen LogP contribution is 2.44. The standard InChI is InChI=1S/C20H28N2O4S/c1-13(2)21-18(23)16-11-27(25,26)12-17(16)22-19(24)20(9-4-10-20)15-7-5-14(3)6-8-15/h5-8,13,16-17H,4,9-12H2,1-3H3,(H,21,23)(H,22,24)/t16-,17-/m1/s1. The molecule has 1 heterocycles. The van der Waals surface area contributed by atoms with Crippen molar-refractivity contribution in [3.8, 4) is 0 Å². The number of rotatable bonds is 5. The number of aryl methyl sites for hydroxylation is 1. The second kappa shape index (κ2) is 7.26. The first-order chi connectivity index (χ1) is 12.6. The number of carbonyl (C=O) groups excluding carboxylic acids is 2. The molecule has 0 unspecified atom stereocenters. The summed E-state index contributed by atoms with van der Waals surface area (Å²) in [6, 6.07) is 7.17. The van der Waals surface area contributed by atoms with Gasteiger partial charge in [0.05, 0.1) is 28.9 Å². The Morgan fingerprint density at radius 3 is 2.26 bits per heavy atom. The van der Waals surface area contributed by atoms with Gasteiger partial charge in [-0.05, 0) is 39.2 Å². The molecule has 1 saturated heterocycles. The van der Waals surface area contributed by atoms with Crippen LogP contribution in [-0.4, -0.2) is 43.8 Å². The molecule has 2 atom stereocenters. The fourth-order valence-corrected chi connectivity index (χ4v) is 5.93. The van der Waals surface area contributed by atoms with Crippen molar-refractivity contribution in [3.05, 3.63) is 35.4 Å². The first-order valence-corrected chi connectivity index (χ1v) is 11.3. The van der Waals surface area contributed by atoms with Gasteiger partial charge in [0.15, 0.2) is 9.84 Å². The Morgan fingerprint density at radius 1 is 1.11 bits per heavy atom. The average molecular weight is 393 g/mol. The van der Waals surface area contributed by atoms with Gasteiger partial charge < -0.3 is 10.6 Å². The van der Waals surface area contributed by atoms with Crippen molar-refractivity contribution in [3.63, 3.8) is 0 Å². The molecule has 2 aliphatic rings. The third-order valence-electron chi connectivity index (χ3n) is 5.68. The van der Waals surface area contributed by atoms with E-state index in [4.69, 9.17) is 0 Å². The Hall–Kier alpha value is -1.89. The molecule has 0 bridgehead atoms. The van der Waals surface area contributed by atoms with Crippen LogP contribution in [0.25, 0.3) is 0 Å². The zero-order valence-corrected chi connectivity index (χ0v) is 16.9. The quantitative estimate of drug-likeness (QED) is 0.794. The SMILES string of the molecule is Cc1ccc(C2(C(=O)N[C@@H]3CS(=O)(=O)C[C@H]3C(=O)NC(C)C)CCC2)cc1. The van der Waals surface area contributed by atoms with Crippen LogP contribution in [0, 0.1) is 12.8 Å². The highest BCUT2D eigenvalue weighted by Gasteiger charge is 2.49.